The third-order valence-corrected chi connectivity index (χ3v) is 1.99. The molecule has 0 radical (unpaired) electrons. The minimum absolute atomic E-state index is 0.0719. The van der Waals surface area contributed by atoms with E-state index < -0.39 is 11.7 Å². The van der Waals surface area contributed by atoms with Gasteiger partial charge >= 0.3 is 0 Å². The zero-order valence-corrected chi connectivity index (χ0v) is 9.20. The van der Waals surface area contributed by atoms with Crippen LogP contribution in [0, 0.1) is 5.82 Å². The Labute approximate surface area is 96.7 Å². The van der Waals surface area contributed by atoms with Crippen molar-refractivity contribution in [3.8, 4) is 0 Å². The van der Waals surface area contributed by atoms with Gasteiger partial charge in [-0.2, -0.15) is 0 Å². The van der Waals surface area contributed by atoms with Gasteiger partial charge in [-0.1, -0.05) is 29.8 Å². The Morgan fingerprint density at radius 3 is 2.73 bits per heavy atom. The second kappa shape index (κ2) is 5.14. The summed E-state index contributed by atoms with van der Waals surface area (Å²) in [6.45, 7) is 3.49. The number of hydrogen-bond donors (Lipinski definition) is 1. The molecule has 2 nitrogen and oxygen atoms in total. The molecule has 0 atom stereocenters. The predicted octanol–water partition coefficient (Wildman–Crippen LogP) is 2.96. The van der Waals surface area contributed by atoms with Crippen molar-refractivity contribution in [2.75, 3.05) is 6.54 Å². The van der Waals surface area contributed by atoms with E-state index in [0.717, 1.165) is 6.07 Å². The Kier molecular flexibility index (Phi) is 4.12. The van der Waals surface area contributed by atoms with Gasteiger partial charge in [-0.3, -0.25) is 4.79 Å². The van der Waals surface area contributed by atoms with E-state index in [1.807, 2.05) is 0 Å². The maximum atomic E-state index is 13.2. The maximum absolute atomic E-state index is 13.2. The number of hydrogen-bond acceptors (Lipinski definition) is 1. The largest absolute Gasteiger partial charge is 0.347 e. The Bertz CT molecular complexity index is 406. The second-order valence-corrected chi connectivity index (χ2v) is 3.80. The minimum atomic E-state index is -0.666. The first-order valence-electron chi connectivity index (χ1n) is 4.07. The van der Waals surface area contributed by atoms with Crippen molar-refractivity contribution in [3.05, 3.63) is 46.2 Å². The Morgan fingerprint density at radius 2 is 2.20 bits per heavy atom. The van der Waals surface area contributed by atoms with E-state index >= 15 is 0 Å². The summed E-state index contributed by atoms with van der Waals surface area (Å²) in [4.78, 5) is 11.4. The Hall–Kier alpha value is -1.06. The van der Waals surface area contributed by atoms with Crippen molar-refractivity contribution in [3.63, 3.8) is 0 Å². The normalized spacial score (nSPS) is 9.80. The van der Waals surface area contributed by atoms with E-state index in [2.05, 4.69) is 11.9 Å². The average molecular weight is 248 g/mol. The third kappa shape index (κ3) is 3.53. The highest BCUT2D eigenvalue weighted by Gasteiger charge is 2.11. The molecule has 0 aromatic heterocycles. The molecule has 0 saturated heterocycles. The van der Waals surface area contributed by atoms with Gasteiger partial charge in [0.1, 0.15) is 5.82 Å². The molecule has 5 heteroatoms. The van der Waals surface area contributed by atoms with Crippen LogP contribution >= 0.6 is 23.2 Å². The molecule has 1 aromatic carbocycles. The number of halogens is 3. The van der Waals surface area contributed by atoms with Gasteiger partial charge in [0.25, 0.3) is 5.91 Å². The van der Waals surface area contributed by atoms with Gasteiger partial charge in [-0.25, -0.2) is 4.39 Å². The molecule has 0 fully saturated rings. The molecule has 1 rings (SSSR count). The van der Waals surface area contributed by atoms with Gasteiger partial charge in [-0.05, 0) is 18.2 Å². The van der Waals surface area contributed by atoms with E-state index in [9.17, 15) is 9.18 Å². The van der Waals surface area contributed by atoms with Crippen LogP contribution in [0.15, 0.2) is 29.8 Å². The Morgan fingerprint density at radius 1 is 1.53 bits per heavy atom. The molecular formula is C10H8Cl2FNO. The second-order valence-electron chi connectivity index (χ2n) is 2.82. The van der Waals surface area contributed by atoms with Crippen LogP contribution in [0.1, 0.15) is 10.4 Å². The summed E-state index contributed by atoms with van der Waals surface area (Å²) in [5, 5.41) is 2.92. The van der Waals surface area contributed by atoms with E-state index in [4.69, 9.17) is 23.2 Å². The molecule has 0 unspecified atom stereocenters. The van der Waals surface area contributed by atoms with Gasteiger partial charge in [-0.15, -0.1) is 0 Å². The quantitative estimate of drug-likeness (QED) is 0.875. The summed E-state index contributed by atoms with van der Waals surface area (Å²) < 4.78 is 13.2. The van der Waals surface area contributed by atoms with Crippen LogP contribution in [0.5, 0.6) is 0 Å². The smallest absolute Gasteiger partial charge is 0.254 e. The number of nitrogens with one attached hydrogen (secondary N) is 1. The predicted molar refractivity (Wildman–Crippen MR) is 58.7 cm³/mol. The summed E-state index contributed by atoms with van der Waals surface area (Å²) in [6.07, 6.45) is 0. The molecule has 15 heavy (non-hydrogen) atoms. The first-order valence-corrected chi connectivity index (χ1v) is 4.83. The SMILES string of the molecule is C=C(Cl)CNC(=O)c1ccc(Cl)cc1F. The van der Waals surface area contributed by atoms with Crippen LogP contribution in [-0.4, -0.2) is 12.5 Å². The Balaban J connectivity index is 2.78. The van der Waals surface area contributed by atoms with Crippen molar-refractivity contribution < 1.29 is 9.18 Å². The van der Waals surface area contributed by atoms with Crippen LogP contribution in [-0.2, 0) is 0 Å². The minimum Gasteiger partial charge on any atom is -0.347 e. The number of carbonyl (C=O) groups excluding carboxylic acids is 1. The molecule has 1 amide bonds. The molecule has 0 spiro atoms. The van der Waals surface area contributed by atoms with Crippen molar-refractivity contribution >= 4 is 29.1 Å². The van der Waals surface area contributed by atoms with Crippen molar-refractivity contribution in [1.82, 2.24) is 5.32 Å². The molecule has 0 aliphatic carbocycles. The molecule has 0 saturated carbocycles. The lowest BCUT2D eigenvalue weighted by atomic mass is 10.2. The van der Waals surface area contributed by atoms with Gasteiger partial charge < -0.3 is 5.32 Å². The highest BCUT2D eigenvalue weighted by molar-refractivity contribution is 6.30. The number of benzene rings is 1. The first-order chi connectivity index (χ1) is 7.00. The van der Waals surface area contributed by atoms with Crippen LogP contribution in [0.25, 0.3) is 0 Å². The highest BCUT2D eigenvalue weighted by atomic mass is 35.5. The maximum Gasteiger partial charge on any atom is 0.254 e. The summed E-state index contributed by atoms with van der Waals surface area (Å²) in [5.74, 6) is -1.22. The number of amides is 1. The highest BCUT2D eigenvalue weighted by Crippen LogP contribution is 2.14. The molecule has 80 valence electrons. The number of carbonyl (C=O) groups is 1. The van der Waals surface area contributed by atoms with Crippen LogP contribution in [0.2, 0.25) is 5.02 Å². The summed E-state index contributed by atoms with van der Waals surface area (Å²) >= 11 is 11.0. The van der Waals surface area contributed by atoms with E-state index in [0.29, 0.717) is 0 Å². The average Bonchev–Trinajstić information content (AvgIpc) is 2.14. The summed E-state index contributed by atoms with van der Waals surface area (Å²) in [7, 11) is 0. The zero-order chi connectivity index (χ0) is 11.4. The van der Waals surface area contributed by atoms with Crippen molar-refractivity contribution in [1.29, 1.82) is 0 Å². The zero-order valence-electron chi connectivity index (χ0n) is 7.69. The van der Waals surface area contributed by atoms with E-state index in [-0.39, 0.29) is 22.2 Å². The van der Waals surface area contributed by atoms with Crippen molar-refractivity contribution in [2.45, 2.75) is 0 Å². The van der Waals surface area contributed by atoms with E-state index in [1.54, 1.807) is 0 Å². The molecule has 0 aliphatic rings. The monoisotopic (exact) mass is 247 g/mol. The molecule has 0 heterocycles. The topological polar surface area (TPSA) is 29.1 Å². The molecular weight excluding hydrogens is 240 g/mol. The van der Waals surface area contributed by atoms with Gasteiger partial charge in [0.2, 0.25) is 0 Å². The summed E-state index contributed by atoms with van der Waals surface area (Å²) in [5.41, 5.74) is -0.0719. The lowest BCUT2D eigenvalue weighted by Crippen LogP contribution is -2.25. The fraction of sp³-hybridized carbons (Fsp3) is 0.100. The number of rotatable bonds is 3. The van der Waals surface area contributed by atoms with Crippen LogP contribution in [0.3, 0.4) is 0 Å². The summed E-state index contributed by atoms with van der Waals surface area (Å²) in [6, 6.07) is 3.82. The third-order valence-electron chi connectivity index (χ3n) is 1.62. The molecule has 1 N–H and O–H groups in total. The lowest BCUT2D eigenvalue weighted by molar-refractivity contribution is 0.0953. The van der Waals surface area contributed by atoms with E-state index in [1.165, 1.54) is 12.1 Å². The standard InChI is InChI=1S/C10H8Cl2FNO/c1-6(11)5-14-10(15)8-3-2-7(12)4-9(8)13/h2-4H,1,5H2,(H,14,15). The fourth-order valence-electron chi connectivity index (χ4n) is 0.945. The van der Waals surface area contributed by atoms with Gasteiger partial charge in [0, 0.05) is 10.1 Å². The van der Waals surface area contributed by atoms with Crippen LogP contribution < -0.4 is 5.32 Å². The van der Waals surface area contributed by atoms with Gasteiger partial charge in [0.15, 0.2) is 0 Å². The van der Waals surface area contributed by atoms with Gasteiger partial charge in [0.05, 0.1) is 12.1 Å². The van der Waals surface area contributed by atoms with Crippen molar-refractivity contribution in [2.24, 2.45) is 0 Å². The first kappa shape index (κ1) is 12.0. The molecule has 1 aromatic rings. The molecule has 0 aliphatic heterocycles. The molecule has 0 bridgehead atoms. The van der Waals surface area contributed by atoms with Crippen LogP contribution in [0.4, 0.5) is 4.39 Å². The fourth-order valence-corrected chi connectivity index (χ4v) is 1.17. The lowest BCUT2D eigenvalue weighted by Gasteiger charge is -2.04.